The molecule has 0 rings (SSSR count). The minimum atomic E-state index is 0.595. The maximum Gasteiger partial charge on any atom is 0.0265 e. The molecule has 2 N–H and O–H groups in total. The Balaban J connectivity index is 3.57. The van der Waals surface area contributed by atoms with Crippen molar-refractivity contribution in [1.82, 2.24) is 0 Å². The molecule has 0 amide bonds. The summed E-state index contributed by atoms with van der Waals surface area (Å²) in [6, 6.07) is 0. The van der Waals surface area contributed by atoms with Gasteiger partial charge in [-0.2, -0.15) is 0 Å². The van der Waals surface area contributed by atoms with Crippen molar-refractivity contribution in [3.05, 3.63) is 11.8 Å². The van der Waals surface area contributed by atoms with Crippen molar-refractivity contribution in [1.29, 1.82) is 0 Å². The van der Waals surface area contributed by atoms with Crippen LogP contribution in [0.5, 0.6) is 0 Å². The smallest absolute Gasteiger partial charge is 0.0265 e. The first-order chi connectivity index (χ1) is 3.81. The fourth-order valence-electron chi connectivity index (χ4n) is 0.254. The van der Waals surface area contributed by atoms with E-state index in [0.29, 0.717) is 6.54 Å². The van der Waals surface area contributed by atoms with Crippen molar-refractivity contribution in [2.75, 3.05) is 6.54 Å². The summed E-state index contributed by atoms with van der Waals surface area (Å²) in [6.45, 7) is 4.42. The minimum absolute atomic E-state index is 0.595. The molecule has 0 bridgehead atoms. The molecule has 0 saturated heterocycles. The average molecular weight is 112 g/mol. The third-order valence-corrected chi connectivity index (χ3v) is 0.766. The monoisotopic (exact) mass is 112 g/mol. The van der Waals surface area contributed by atoms with Crippen molar-refractivity contribution in [3.8, 4) is 0 Å². The first-order valence-corrected chi connectivity index (χ1v) is 2.64. The van der Waals surface area contributed by atoms with Crippen LogP contribution in [0.15, 0.2) is 16.8 Å². The summed E-state index contributed by atoms with van der Waals surface area (Å²) in [5.41, 5.74) is 6.37. The second kappa shape index (κ2) is 4.53. The van der Waals surface area contributed by atoms with Crippen LogP contribution in [0.1, 0.15) is 13.8 Å². The first-order valence-electron chi connectivity index (χ1n) is 2.64. The standard InChI is InChI=1S/C6H12N2/c1-3-8-5-6(2)4-7/h3,5H,4,7H2,1-2H3/b6-5+,8-3-. The Bertz CT molecular complexity index is 103. The van der Waals surface area contributed by atoms with E-state index in [1.807, 2.05) is 13.8 Å². The molecule has 2 heteroatoms. The summed E-state index contributed by atoms with van der Waals surface area (Å²) < 4.78 is 0. The van der Waals surface area contributed by atoms with E-state index in [1.54, 1.807) is 12.4 Å². The van der Waals surface area contributed by atoms with Crippen molar-refractivity contribution in [2.45, 2.75) is 13.8 Å². The Morgan fingerprint density at radius 3 is 2.75 bits per heavy atom. The van der Waals surface area contributed by atoms with E-state index in [2.05, 4.69) is 4.99 Å². The fourth-order valence-corrected chi connectivity index (χ4v) is 0.254. The van der Waals surface area contributed by atoms with Crippen molar-refractivity contribution < 1.29 is 0 Å². The predicted octanol–water partition coefficient (Wildman–Crippen LogP) is 0.940. The summed E-state index contributed by atoms with van der Waals surface area (Å²) >= 11 is 0. The molecule has 0 saturated carbocycles. The van der Waals surface area contributed by atoms with E-state index in [9.17, 15) is 0 Å². The molecule has 8 heavy (non-hydrogen) atoms. The van der Waals surface area contributed by atoms with Crippen LogP contribution < -0.4 is 5.73 Å². The van der Waals surface area contributed by atoms with Crippen LogP contribution in [0.4, 0.5) is 0 Å². The second-order valence-electron chi connectivity index (χ2n) is 1.59. The molecule has 0 fully saturated rings. The molecule has 0 aliphatic heterocycles. The number of aliphatic imine (C=N–C) groups is 1. The molecule has 0 unspecified atom stereocenters. The summed E-state index contributed by atoms with van der Waals surface area (Å²) in [6.07, 6.45) is 3.50. The molecule has 2 nitrogen and oxygen atoms in total. The molecular formula is C6H12N2. The van der Waals surface area contributed by atoms with Gasteiger partial charge in [-0.3, -0.25) is 4.99 Å². The molecule has 0 aromatic heterocycles. The molecule has 0 spiro atoms. The lowest BCUT2D eigenvalue weighted by atomic mass is 10.3. The largest absolute Gasteiger partial charge is 0.327 e. The van der Waals surface area contributed by atoms with Crippen LogP contribution in [0.2, 0.25) is 0 Å². The lowest BCUT2D eigenvalue weighted by Gasteiger charge is -1.87. The normalized spacial score (nSPS) is 13.1. The first kappa shape index (κ1) is 7.37. The summed E-state index contributed by atoms with van der Waals surface area (Å²) in [4.78, 5) is 3.88. The Hall–Kier alpha value is -0.630. The van der Waals surface area contributed by atoms with Gasteiger partial charge < -0.3 is 5.73 Å². The predicted molar refractivity (Wildman–Crippen MR) is 37.0 cm³/mol. The molecule has 0 aliphatic carbocycles. The Labute approximate surface area is 50.1 Å². The van der Waals surface area contributed by atoms with E-state index in [0.717, 1.165) is 5.57 Å². The maximum absolute atomic E-state index is 5.27. The van der Waals surface area contributed by atoms with Gasteiger partial charge in [0.15, 0.2) is 0 Å². The quantitative estimate of drug-likeness (QED) is 0.530. The van der Waals surface area contributed by atoms with Gasteiger partial charge in [-0.1, -0.05) is 0 Å². The van der Waals surface area contributed by atoms with Gasteiger partial charge in [0.05, 0.1) is 0 Å². The molecular weight excluding hydrogens is 100 g/mol. The summed E-state index contributed by atoms with van der Waals surface area (Å²) in [5.74, 6) is 0. The second-order valence-corrected chi connectivity index (χ2v) is 1.59. The number of hydrogen-bond acceptors (Lipinski definition) is 2. The highest BCUT2D eigenvalue weighted by Crippen LogP contribution is 1.85. The van der Waals surface area contributed by atoms with E-state index < -0.39 is 0 Å². The van der Waals surface area contributed by atoms with Crippen molar-refractivity contribution >= 4 is 6.21 Å². The highest BCUT2D eigenvalue weighted by atomic mass is 14.7. The topological polar surface area (TPSA) is 38.4 Å². The third-order valence-electron chi connectivity index (χ3n) is 0.766. The number of nitrogens with two attached hydrogens (primary N) is 1. The molecule has 0 aromatic rings. The van der Waals surface area contributed by atoms with Crippen LogP contribution in [-0.4, -0.2) is 12.8 Å². The zero-order valence-electron chi connectivity index (χ0n) is 5.39. The van der Waals surface area contributed by atoms with Crippen LogP contribution in [-0.2, 0) is 0 Å². The molecule has 0 heterocycles. The molecule has 46 valence electrons. The van der Waals surface area contributed by atoms with E-state index in [4.69, 9.17) is 5.73 Å². The van der Waals surface area contributed by atoms with Gasteiger partial charge in [0.25, 0.3) is 0 Å². The Kier molecular flexibility index (Phi) is 4.17. The number of nitrogens with zero attached hydrogens (tertiary/aromatic N) is 1. The van der Waals surface area contributed by atoms with Gasteiger partial charge in [-0.25, -0.2) is 0 Å². The Morgan fingerprint density at radius 1 is 1.75 bits per heavy atom. The molecule has 0 aromatic carbocycles. The molecule has 0 atom stereocenters. The van der Waals surface area contributed by atoms with E-state index in [1.165, 1.54) is 0 Å². The summed E-state index contributed by atoms with van der Waals surface area (Å²) in [7, 11) is 0. The van der Waals surface area contributed by atoms with E-state index >= 15 is 0 Å². The fraction of sp³-hybridized carbons (Fsp3) is 0.500. The van der Waals surface area contributed by atoms with E-state index in [-0.39, 0.29) is 0 Å². The molecule has 0 radical (unpaired) electrons. The lowest BCUT2D eigenvalue weighted by Crippen LogP contribution is -1.98. The van der Waals surface area contributed by atoms with Crippen LogP contribution in [0.25, 0.3) is 0 Å². The van der Waals surface area contributed by atoms with Gasteiger partial charge in [0.2, 0.25) is 0 Å². The van der Waals surface area contributed by atoms with Crippen LogP contribution in [0, 0.1) is 0 Å². The van der Waals surface area contributed by atoms with Gasteiger partial charge >= 0.3 is 0 Å². The van der Waals surface area contributed by atoms with Gasteiger partial charge in [0.1, 0.15) is 0 Å². The zero-order chi connectivity index (χ0) is 6.41. The average Bonchev–Trinajstić information content (AvgIpc) is 1.83. The summed E-state index contributed by atoms with van der Waals surface area (Å²) in [5, 5.41) is 0. The van der Waals surface area contributed by atoms with Gasteiger partial charge in [-0.15, -0.1) is 0 Å². The number of hydrogen-bond donors (Lipinski definition) is 1. The highest BCUT2D eigenvalue weighted by Gasteiger charge is 1.76. The van der Waals surface area contributed by atoms with Gasteiger partial charge in [0, 0.05) is 19.0 Å². The maximum atomic E-state index is 5.27. The Morgan fingerprint density at radius 2 is 2.38 bits per heavy atom. The molecule has 0 aliphatic rings. The van der Waals surface area contributed by atoms with Crippen LogP contribution in [0.3, 0.4) is 0 Å². The van der Waals surface area contributed by atoms with Crippen molar-refractivity contribution in [2.24, 2.45) is 10.7 Å². The van der Waals surface area contributed by atoms with Gasteiger partial charge in [-0.05, 0) is 19.4 Å². The van der Waals surface area contributed by atoms with Crippen molar-refractivity contribution in [3.63, 3.8) is 0 Å². The minimum Gasteiger partial charge on any atom is -0.327 e. The zero-order valence-corrected chi connectivity index (χ0v) is 5.39. The van der Waals surface area contributed by atoms with Crippen LogP contribution >= 0.6 is 0 Å². The SMILES string of the molecule is C/C=N\C=C(/C)CN. The number of rotatable bonds is 2. The third kappa shape index (κ3) is 3.56. The highest BCUT2D eigenvalue weighted by molar-refractivity contribution is 5.54. The lowest BCUT2D eigenvalue weighted by molar-refractivity contribution is 1.12.